The molecule has 1 saturated carbocycles. The molecule has 6 nitrogen and oxygen atoms in total. The summed E-state index contributed by atoms with van der Waals surface area (Å²) >= 11 is 0. The summed E-state index contributed by atoms with van der Waals surface area (Å²) in [5, 5.41) is 2.84. The molecule has 1 aromatic heterocycles. The molecule has 1 aromatic rings. The van der Waals surface area contributed by atoms with Crippen molar-refractivity contribution < 1.29 is 18.7 Å². The monoisotopic (exact) mass is 308 g/mol. The number of amides is 2. The Labute approximate surface area is 130 Å². The van der Waals surface area contributed by atoms with Gasteiger partial charge in [-0.1, -0.05) is 0 Å². The number of ether oxygens (including phenoxy) is 1. The Hall–Kier alpha value is -1.82. The predicted octanol–water partition coefficient (Wildman–Crippen LogP) is 1.74. The molecule has 122 valence electrons. The molecule has 0 bridgehead atoms. The van der Waals surface area contributed by atoms with Crippen LogP contribution in [0.2, 0.25) is 0 Å². The van der Waals surface area contributed by atoms with E-state index in [4.69, 9.17) is 9.15 Å². The lowest BCUT2D eigenvalue weighted by Gasteiger charge is -2.22. The third kappa shape index (κ3) is 4.59. The lowest BCUT2D eigenvalue weighted by atomic mass is 10.2. The van der Waals surface area contributed by atoms with Gasteiger partial charge < -0.3 is 19.4 Å². The highest BCUT2D eigenvalue weighted by Gasteiger charge is 2.34. The molecule has 22 heavy (non-hydrogen) atoms. The number of aryl methyl sites for hydroxylation is 1. The minimum Gasteiger partial charge on any atom is -0.469 e. The van der Waals surface area contributed by atoms with Crippen molar-refractivity contribution in [1.29, 1.82) is 0 Å². The molecule has 1 aliphatic rings. The number of nitrogens with zero attached hydrogens (tertiary/aromatic N) is 1. The van der Waals surface area contributed by atoms with E-state index in [-0.39, 0.29) is 17.9 Å². The maximum Gasteiger partial charge on any atom is 0.257 e. The Morgan fingerprint density at radius 2 is 2.23 bits per heavy atom. The van der Waals surface area contributed by atoms with E-state index in [2.05, 4.69) is 5.32 Å². The summed E-state index contributed by atoms with van der Waals surface area (Å²) in [4.78, 5) is 26.2. The topological polar surface area (TPSA) is 71.8 Å². The van der Waals surface area contributed by atoms with Crippen molar-refractivity contribution >= 4 is 11.8 Å². The summed E-state index contributed by atoms with van der Waals surface area (Å²) in [6.07, 6.45) is 4.67. The first kappa shape index (κ1) is 16.5. The molecular formula is C16H24N2O4. The Bertz CT molecular complexity index is 508. The van der Waals surface area contributed by atoms with Crippen LogP contribution in [0.5, 0.6) is 0 Å². The second-order valence-corrected chi connectivity index (χ2v) is 5.57. The van der Waals surface area contributed by atoms with Crippen molar-refractivity contribution in [2.75, 3.05) is 26.8 Å². The molecule has 0 aromatic carbocycles. The van der Waals surface area contributed by atoms with Gasteiger partial charge in [-0.3, -0.25) is 9.59 Å². The van der Waals surface area contributed by atoms with Crippen LogP contribution < -0.4 is 5.32 Å². The maximum absolute atomic E-state index is 12.5. The average molecular weight is 308 g/mol. The van der Waals surface area contributed by atoms with Crippen LogP contribution >= 0.6 is 0 Å². The molecule has 2 amide bonds. The first-order valence-electron chi connectivity index (χ1n) is 7.74. The lowest BCUT2D eigenvalue weighted by Crippen LogP contribution is -2.37. The molecule has 2 rings (SSSR count). The number of hydrogen-bond donors (Lipinski definition) is 1. The zero-order valence-electron chi connectivity index (χ0n) is 13.3. The summed E-state index contributed by atoms with van der Waals surface area (Å²) in [5.41, 5.74) is 0.590. The Balaban J connectivity index is 1.81. The molecular weight excluding hydrogens is 284 g/mol. The van der Waals surface area contributed by atoms with Gasteiger partial charge in [-0.2, -0.15) is 0 Å². The molecule has 1 aliphatic carbocycles. The normalized spacial score (nSPS) is 13.9. The molecule has 0 aliphatic heterocycles. The van der Waals surface area contributed by atoms with Crippen LogP contribution in [0, 0.1) is 6.92 Å². The fourth-order valence-corrected chi connectivity index (χ4v) is 2.35. The Morgan fingerprint density at radius 3 is 2.82 bits per heavy atom. The number of rotatable bonds is 9. The predicted molar refractivity (Wildman–Crippen MR) is 81.6 cm³/mol. The third-order valence-corrected chi connectivity index (χ3v) is 3.76. The van der Waals surface area contributed by atoms with Crippen LogP contribution in [0.25, 0.3) is 0 Å². The van der Waals surface area contributed by atoms with Crippen LogP contribution in [-0.4, -0.2) is 49.6 Å². The highest BCUT2D eigenvalue weighted by Crippen LogP contribution is 2.29. The SMILES string of the molecule is COCCCNC(=O)CCN(C(=O)c1ccoc1C)C1CC1. The van der Waals surface area contributed by atoms with E-state index in [9.17, 15) is 9.59 Å². The second-order valence-electron chi connectivity index (χ2n) is 5.57. The fraction of sp³-hybridized carbons (Fsp3) is 0.625. The minimum atomic E-state index is -0.0408. The van der Waals surface area contributed by atoms with Gasteiger partial charge in [0.05, 0.1) is 11.8 Å². The summed E-state index contributed by atoms with van der Waals surface area (Å²) in [7, 11) is 1.64. The van der Waals surface area contributed by atoms with Crippen LogP contribution in [0.4, 0.5) is 0 Å². The van der Waals surface area contributed by atoms with Crippen molar-refractivity contribution in [3.8, 4) is 0 Å². The maximum atomic E-state index is 12.5. The van der Waals surface area contributed by atoms with Crippen LogP contribution in [0.3, 0.4) is 0 Å². The number of carbonyl (C=O) groups is 2. The van der Waals surface area contributed by atoms with E-state index < -0.39 is 0 Å². The van der Waals surface area contributed by atoms with Crippen LogP contribution in [-0.2, 0) is 9.53 Å². The van der Waals surface area contributed by atoms with E-state index in [1.165, 1.54) is 6.26 Å². The molecule has 6 heteroatoms. The molecule has 1 heterocycles. The third-order valence-electron chi connectivity index (χ3n) is 3.76. The van der Waals surface area contributed by atoms with Crippen molar-refractivity contribution in [3.63, 3.8) is 0 Å². The van der Waals surface area contributed by atoms with Crippen molar-refractivity contribution in [2.45, 2.75) is 38.6 Å². The summed E-state index contributed by atoms with van der Waals surface area (Å²) in [6, 6.07) is 1.96. The van der Waals surface area contributed by atoms with Crippen LogP contribution in [0.1, 0.15) is 41.8 Å². The van der Waals surface area contributed by atoms with Gasteiger partial charge in [-0.25, -0.2) is 0 Å². The van der Waals surface area contributed by atoms with Crippen molar-refractivity contribution in [2.24, 2.45) is 0 Å². The molecule has 0 spiro atoms. The largest absolute Gasteiger partial charge is 0.469 e. The highest BCUT2D eigenvalue weighted by molar-refractivity contribution is 5.95. The summed E-state index contributed by atoms with van der Waals surface area (Å²) in [6.45, 7) is 3.46. The van der Waals surface area contributed by atoms with E-state index in [1.54, 1.807) is 25.0 Å². The molecule has 1 N–H and O–H groups in total. The minimum absolute atomic E-state index is 0.0292. The van der Waals surface area contributed by atoms with E-state index in [1.807, 2.05) is 0 Å². The number of furan rings is 1. The van der Waals surface area contributed by atoms with E-state index >= 15 is 0 Å². The Morgan fingerprint density at radius 1 is 1.45 bits per heavy atom. The van der Waals surface area contributed by atoms with E-state index in [0.29, 0.717) is 37.4 Å². The lowest BCUT2D eigenvalue weighted by molar-refractivity contribution is -0.121. The standard InChI is InChI=1S/C16H24N2O4/c1-12-14(7-11-22-12)16(20)18(13-4-5-13)9-6-15(19)17-8-3-10-21-2/h7,11,13H,3-6,8-10H2,1-2H3,(H,17,19). The van der Waals surface area contributed by atoms with Gasteiger partial charge >= 0.3 is 0 Å². The van der Waals surface area contributed by atoms with Gasteiger partial charge in [0.25, 0.3) is 5.91 Å². The van der Waals surface area contributed by atoms with Gasteiger partial charge in [-0.05, 0) is 32.3 Å². The molecule has 1 fully saturated rings. The average Bonchev–Trinajstić information content (AvgIpc) is 3.24. The summed E-state index contributed by atoms with van der Waals surface area (Å²) < 4.78 is 10.1. The number of methoxy groups -OCH3 is 1. The number of nitrogens with one attached hydrogen (secondary N) is 1. The molecule has 0 atom stereocenters. The van der Waals surface area contributed by atoms with Gasteiger partial charge in [0.15, 0.2) is 0 Å². The van der Waals surface area contributed by atoms with Gasteiger partial charge in [0.1, 0.15) is 5.76 Å². The van der Waals surface area contributed by atoms with E-state index in [0.717, 1.165) is 19.3 Å². The smallest absolute Gasteiger partial charge is 0.257 e. The van der Waals surface area contributed by atoms with Gasteiger partial charge in [0.2, 0.25) is 5.91 Å². The van der Waals surface area contributed by atoms with Crippen molar-refractivity contribution in [3.05, 3.63) is 23.7 Å². The number of hydrogen-bond acceptors (Lipinski definition) is 4. The van der Waals surface area contributed by atoms with Crippen molar-refractivity contribution in [1.82, 2.24) is 10.2 Å². The zero-order chi connectivity index (χ0) is 15.9. The first-order chi connectivity index (χ1) is 10.6. The second kappa shape index (κ2) is 7.98. The van der Waals surface area contributed by atoms with Gasteiger partial charge in [-0.15, -0.1) is 0 Å². The van der Waals surface area contributed by atoms with Gasteiger partial charge in [0, 0.05) is 39.3 Å². The first-order valence-corrected chi connectivity index (χ1v) is 7.74. The van der Waals surface area contributed by atoms with Crippen LogP contribution in [0.15, 0.2) is 16.7 Å². The fourth-order valence-electron chi connectivity index (χ4n) is 2.35. The Kier molecular flexibility index (Phi) is 6.00. The molecule has 0 radical (unpaired) electrons. The molecule has 0 unspecified atom stereocenters. The highest BCUT2D eigenvalue weighted by atomic mass is 16.5. The zero-order valence-corrected chi connectivity index (χ0v) is 13.3. The number of carbonyl (C=O) groups excluding carboxylic acids is 2. The molecule has 0 saturated heterocycles. The quantitative estimate of drug-likeness (QED) is 0.705. The summed E-state index contributed by atoms with van der Waals surface area (Å²) in [5.74, 6) is 0.555.